The number of H-pyrrole nitrogens is 1. The van der Waals surface area contributed by atoms with Crippen molar-refractivity contribution in [1.29, 1.82) is 0 Å². The predicted octanol–water partition coefficient (Wildman–Crippen LogP) is 2.99. The summed E-state index contributed by atoms with van der Waals surface area (Å²) in [5, 5.41) is 7.59. The highest BCUT2D eigenvalue weighted by Crippen LogP contribution is 2.29. The van der Waals surface area contributed by atoms with Gasteiger partial charge < -0.3 is 4.74 Å². The summed E-state index contributed by atoms with van der Waals surface area (Å²) in [6, 6.07) is 8.55. The lowest BCUT2D eigenvalue weighted by Crippen LogP contribution is -2.15. The van der Waals surface area contributed by atoms with Gasteiger partial charge in [0, 0.05) is 5.39 Å². The number of methoxy groups -OCH3 is 1. The summed E-state index contributed by atoms with van der Waals surface area (Å²) in [4.78, 5) is 0.229. The molecule has 0 saturated heterocycles. The molecular weight excluding hydrogens is 314 g/mol. The van der Waals surface area contributed by atoms with Crippen LogP contribution in [0.5, 0.6) is 5.75 Å². The second-order valence-electron chi connectivity index (χ2n) is 5.26. The Balaban J connectivity index is 2.06. The van der Waals surface area contributed by atoms with Crippen LogP contribution in [-0.4, -0.2) is 25.7 Å². The van der Waals surface area contributed by atoms with Gasteiger partial charge in [-0.05, 0) is 43.2 Å². The van der Waals surface area contributed by atoms with Gasteiger partial charge >= 0.3 is 0 Å². The molecule has 1 heterocycles. The van der Waals surface area contributed by atoms with E-state index in [9.17, 15) is 8.42 Å². The maximum atomic E-state index is 12.8. The molecule has 0 bridgehead atoms. The van der Waals surface area contributed by atoms with E-state index in [2.05, 4.69) is 14.9 Å². The minimum Gasteiger partial charge on any atom is -0.496 e. The van der Waals surface area contributed by atoms with E-state index in [1.807, 2.05) is 13.0 Å². The molecule has 0 atom stereocenters. The third-order valence-corrected chi connectivity index (χ3v) is 5.43. The van der Waals surface area contributed by atoms with Gasteiger partial charge in [-0.2, -0.15) is 5.10 Å². The van der Waals surface area contributed by atoms with Crippen LogP contribution in [0.25, 0.3) is 10.9 Å². The normalized spacial score (nSPS) is 11.6. The molecule has 3 aromatic rings. The Morgan fingerprint density at radius 2 is 1.91 bits per heavy atom. The average Bonchev–Trinajstić information content (AvgIpc) is 2.99. The molecule has 2 N–H and O–H groups in total. The van der Waals surface area contributed by atoms with Crippen LogP contribution in [0.1, 0.15) is 11.1 Å². The van der Waals surface area contributed by atoms with Crippen LogP contribution in [0.2, 0.25) is 0 Å². The molecule has 1 aromatic heterocycles. The fraction of sp³-hybridized carbons (Fsp3) is 0.188. The molecule has 6 nitrogen and oxygen atoms in total. The Hall–Kier alpha value is -2.54. The summed E-state index contributed by atoms with van der Waals surface area (Å²) in [5.41, 5.74) is 2.58. The summed E-state index contributed by atoms with van der Waals surface area (Å²) < 4.78 is 33.4. The predicted molar refractivity (Wildman–Crippen MR) is 89.4 cm³/mol. The molecule has 0 saturated carbocycles. The maximum Gasteiger partial charge on any atom is 0.262 e. The third-order valence-electron chi connectivity index (χ3n) is 3.92. The number of rotatable bonds is 4. The van der Waals surface area contributed by atoms with Gasteiger partial charge in [-0.1, -0.05) is 12.1 Å². The van der Waals surface area contributed by atoms with Crippen molar-refractivity contribution < 1.29 is 13.2 Å². The number of sulfonamides is 1. The van der Waals surface area contributed by atoms with E-state index >= 15 is 0 Å². The molecule has 0 aliphatic heterocycles. The second-order valence-corrected chi connectivity index (χ2v) is 6.91. The number of para-hydroxylation sites is 1. The number of nitrogens with one attached hydrogen (secondary N) is 2. The first-order chi connectivity index (χ1) is 10.9. The van der Waals surface area contributed by atoms with Crippen molar-refractivity contribution in [3.63, 3.8) is 0 Å². The largest absolute Gasteiger partial charge is 0.496 e. The number of ether oxygens (including phenoxy) is 1. The Morgan fingerprint density at radius 3 is 2.65 bits per heavy atom. The second kappa shape index (κ2) is 5.58. The first kappa shape index (κ1) is 15.4. The molecule has 0 spiro atoms. The average molecular weight is 331 g/mol. The molecule has 120 valence electrons. The molecular formula is C16H17N3O3S. The number of aromatic amines is 1. The Kier molecular flexibility index (Phi) is 3.73. The van der Waals surface area contributed by atoms with Gasteiger partial charge in [0.1, 0.15) is 5.75 Å². The van der Waals surface area contributed by atoms with E-state index in [-0.39, 0.29) is 4.90 Å². The van der Waals surface area contributed by atoms with Crippen LogP contribution in [0, 0.1) is 13.8 Å². The van der Waals surface area contributed by atoms with Gasteiger partial charge in [-0.3, -0.25) is 9.82 Å². The van der Waals surface area contributed by atoms with Gasteiger partial charge in [0.25, 0.3) is 10.0 Å². The van der Waals surface area contributed by atoms with E-state index < -0.39 is 10.0 Å². The number of hydrogen-bond acceptors (Lipinski definition) is 4. The van der Waals surface area contributed by atoms with Crippen LogP contribution in [0.4, 0.5) is 5.69 Å². The number of nitrogens with zero attached hydrogens (tertiary/aromatic N) is 1. The number of anilines is 1. The van der Waals surface area contributed by atoms with Crippen LogP contribution < -0.4 is 9.46 Å². The van der Waals surface area contributed by atoms with Gasteiger partial charge in [-0.15, -0.1) is 0 Å². The minimum absolute atomic E-state index is 0.229. The van der Waals surface area contributed by atoms with Crippen molar-refractivity contribution in [2.75, 3.05) is 11.8 Å². The fourth-order valence-corrected chi connectivity index (χ4v) is 3.91. The zero-order chi connectivity index (χ0) is 16.6. The van der Waals surface area contributed by atoms with Crippen molar-refractivity contribution in [2.24, 2.45) is 0 Å². The molecule has 0 aliphatic carbocycles. The maximum absolute atomic E-state index is 12.8. The quantitative estimate of drug-likeness (QED) is 0.770. The summed E-state index contributed by atoms with van der Waals surface area (Å²) in [6.45, 7) is 3.60. The Bertz CT molecular complexity index is 977. The van der Waals surface area contributed by atoms with E-state index in [1.54, 1.807) is 44.5 Å². The lowest BCUT2D eigenvalue weighted by Gasteiger charge is -2.14. The summed E-state index contributed by atoms with van der Waals surface area (Å²) in [6.07, 6.45) is 1.65. The molecule has 7 heteroatoms. The lowest BCUT2D eigenvalue weighted by molar-refractivity contribution is 0.411. The first-order valence-electron chi connectivity index (χ1n) is 7.03. The molecule has 0 aliphatic rings. The first-order valence-corrected chi connectivity index (χ1v) is 8.51. The van der Waals surface area contributed by atoms with E-state index in [0.717, 1.165) is 10.9 Å². The number of benzene rings is 2. The van der Waals surface area contributed by atoms with Gasteiger partial charge in [0.15, 0.2) is 0 Å². The van der Waals surface area contributed by atoms with Gasteiger partial charge in [0.05, 0.1) is 29.4 Å². The molecule has 23 heavy (non-hydrogen) atoms. The molecule has 2 aromatic carbocycles. The Labute approximate surface area is 134 Å². The molecule has 0 fully saturated rings. The summed E-state index contributed by atoms with van der Waals surface area (Å²) in [5.74, 6) is 0.664. The zero-order valence-electron chi connectivity index (χ0n) is 13.0. The fourth-order valence-electron chi connectivity index (χ4n) is 2.54. The van der Waals surface area contributed by atoms with Crippen LogP contribution >= 0.6 is 0 Å². The topological polar surface area (TPSA) is 84.1 Å². The monoisotopic (exact) mass is 331 g/mol. The zero-order valence-corrected chi connectivity index (χ0v) is 13.9. The SMILES string of the molecule is COc1ccc(S(=O)(=O)Nc2cccc3cn[nH]c23)c(C)c1C. The van der Waals surface area contributed by atoms with Crippen molar-refractivity contribution in [1.82, 2.24) is 10.2 Å². The molecule has 0 unspecified atom stereocenters. The van der Waals surface area contributed by atoms with Crippen molar-refractivity contribution in [3.05, 3.63) is 47.7 Å². The van der Waals surface area contributed by atoms with Crippen molar-refractivity contribution in [3.8, 4) is 5.75 Å². The number of hydrogen-bond donors (Lipinski definition) is 2. The van der Waals surface area contributed by atoms with Crippen molar-refractivity contribution >= 4 is 26.6 Å². The smallest absolute Gasteiger partial charge is 0.262 e. The summed E-state index contributed by atoms with van der Waals surface area (Å²) >= 11 is 0. The molecule has 0 radical (unpaired) electrons. The Morgan fingerprint density at radius 1 is 1.13 bits per heavy atom. The van der Waals surface area contributed by atoms with Crippen LogP contribution in [-0.2, 0) is 10.0 Å². The lowest BCUT2D eigenvalue weighted by atomic mass is 10.1. The minimum atomic E-state index is -3.71. The highest BCUT2D eigenvalue weighted by molar-refractivity contribution is 7.92. The van der Waals surface area contributed by atoms with Crippen LogP contribution in [0.3, 0.4) is 0 Å². The highest BCUT2D eigenvalue weighted by Gasteiger charge is 2.20. The number of aromatic nitrogens is 2. The highest BCUT2D eigenvalue weighted by atomic mass is 32.2. The third kappa shape index (κ3) is 2.63. The van der Waals surface area contributed by atoms with E-state index in [0.29, 0.717) is 22.5 Å². The standard InChI is InChI=1S/C16H17N3O3S/c1-10-11(2)15(8-7-14(10)22-3)23(20,21)19-13-6-4-5-12-9-17-18-16(12)13/h4-9,19H,1-3H3,(H,17,18). The van der Waals surface area contributed by atoms with Gasteiger partial charge in [-0.25, -0.2) is 8.42 Å². The summed E-state index contributed by atoms with van der Waals surface area (Å²) in [7, 11) is -2.15. The molecule has 0 amide bonds. The van der Waals surface area contributed by atoms with Crippen LogP contribution in [0.15, 0.2) is 41.4 Å². The molecule has 3 rings (SSSR count). The van der Waals surface area contributed by atoms with E-state index in [1.165, 1.54) is 0 Å². The number of fused-ring (bicyclic) bond motifs is 1. The van der Waals surface area contributed by atoms with Crippen molar-refractivity contribution in [2.45, 2.75) is 18.7 Å². The van der Waals surface area contributed by atoms with Gasteiger partial charge in [0.2, 0.25) is 0 Å². The van der Waals surface area contributed by atoms with E-state index in [4.69, 9.17) is 4.74 Å².